The van der Waals surface area contributed by atoms with Gasteiger partial charge in [-0.25, -0.2) is 0 Å². The Morgan fingerprint density at radius 1 is 1.30 bits per heavy atom. The molecule has 2 rings (SSSR count). The molecule has 1 aromatic carbocycles. The molecule has 5 nitrogen and oxygen atoms in total. The molecule has 0 aliphatic carbocycles. The Balaban J connectivity index is 2.20. The van der Waals surface area contributed by atoms with Crippen molar-refractivity contribution in [2.24, 2.45) is 5.92 Å². The van der Waals surface area contributed by atoms with Gasteiger partial charge in [0.2, 0.25) is 0 Å². The molecule has 1 N–H and O–H groups in total. The average molecular weight is 279 g/mol. The van der Waals surface area contributed by atoms with Crippen LogP contribution in [0.1, 0.15) is 24.2 Å². The van der Waals surface area contributed by atoms with Gasteiger partial charge in [-0.15, -0.1) is 0 Å². The monoisotopic (exact) mass is 279 g/mol. The Kier molecular flexibility index (Phi) is 3.90. The van der Waals surface area contributed by atoms with Gasteiger partial charge in [0.05, 0.1) is 32.9 Å². The lowest BCUT2D eigenvalue weighted by Crippen LogP contribution is -2.65. The van der Waals surface area contributed by atoms with Crippen LogP contribution in [0.3, 0.4) is 0 Å². The fraction of sp³-hybridized carbons (Fsp3) is 0.533. The van der Waals surface area contributed by atoms with Crippen LogP contribution in [0.4, 0.5) is 0 Å². The highest BCUT2D eigenvalue weighted by molar-refractivity contribution is 5.98. The number of ether oxygens (including phenoxy) is 2. The van der Waals surface area contributed by atoms with E-state index in [1.165, 1.54) is 14.2 Å². The molecule has 1 fully saturated rings. The largest absolute Gasteiger partial charge is 0.493 e. The van der Waals surface area contributed by atoms with Crippen LogP contribution in [0.5, 0.6) is 11.5 Å². The van der Waals surface area contributed by atoms with Crippen molar-refractivity contribution in [2.75, 3.05) is 27.3 Å². The van der Waals surface area contributed by atoms with Crippen LogP contribution in [-0.4, -0.2) is 48.8 Å². The zero-order chi connectivity index (χ0) is 14.9. The Bertz CT molecular complexity index is 507. The lowest BCUT2D eigenvalue weighted by molar-refractivity contribution is -0.110. The number of para-hydroxylation sites is 1. The maximum absolute atomic E-state index is 12.5. The van der Waals surface area contributed by atoms with Crippen molar-refractivity contribution in [2.45, 2.75) is 19.4 Å². The highest BCUT2D eigenvalue weighted by Gasteiger charge is 2.46. The first-order chi connectivity index (χ1) is 9.42. The van der Waals surface area contributed by atoms with Crippen molar-refractivity contribution >= 4 is 5.91 Å². The average Bonchev–Trinajstić information content (AvgIpc) is 2.41. The number of hydrogen-bond donors (Lipinski definition) is 1. The van der Waals surface area contributed by atoms with Crippen molar-refractivity contribution in [3.8, 4) is 11.5 Å². The maximum Gasteiger partial charge on any atom is 0.257 e. The summed E-state index contributed by atoms with van der Waals surface area (Å²) in [5.41, 5.74) is -0.320. The number of aliphatic hydroxyl groups is 1. The van der Waals surface area contributed by atoms with Gasteiger partial charge in [-0.3, -0.25) is 4.79 Å². The molecule has 110 valence electrons. The lowest BCUT2D eigenvalue weighted by Gasteiger charge is -2.49. The molecule has 1 heterocycles. The van der Waals surface area contributed by atoms with Gasteiger partial charge in [0.15, 0.2) is 11.5 Å². The van der Waals surface area contributed by atoms with Crippen LogP contribution in [0.25, 0.3) is 0 Å². The molecule has 0 atom stereocenters. The molecule has 1 aliphatic heterocycles. The predicted molar refractivity (Wildman–Crippen MR) is 75.2 cm³/mol. The number of carbonyl (C=O) groups excluding carboxylic acids is 1. The standard InChI is InChI=1S/C15H21NO4/c1-10(2)15(18)8-16(9-15)14(17)11-6-5-7-12(19-3)13(11)20-4/h5-7,10,18H,8-9H2,1-4H3. The first-order valence-electron chi connectivity index (χ1n) is 6.65. The second-order valence-corrected chi connectivity index (χ2v) is 5.46. The first-order valence-corrected chi connectivity index (χ1v) is 6.65. The number of nitrogens with zero attached hydrogens (tertiary/aromatic N) is 1. The minimum atomic E-state index is -0.776. The lowest BCUT2D eigenvalue weighted by atomic mass is 9.82. The molecule has 1 amide bonds. The number of rotatable bonds is 4. The van der Waals surface area contributed by atoms with E-state index >= 15 is 0 Å². The van der Waals surface area contributed by atoms with Gasteiger partial charge in [0, 0.05) is 0 Å². The number of benzene rings is 1. The third kappa shape index (κ3) is 2.33. The number of methoxy groups -OCH3 is 2. The highest BCUT2D eigenvalue weighted by atomic mass is 16.5. The molecule has 0 bridgehead atoms. The smallest absolute Gasteiger partial charge is 0.257 e. The molecule has 0 unspecified atom stereocenters. The summed E-state index contributed by atoms with van der Waals surface area (Å²) < 4.78 is 10.5. The second-order valence-electron chi connectivity index (χ2n) is 5.46. The van der Waals surface area contributed by atoms with E-state index in [4.69, 9.17) is 9.47 Å². The van der Waals surface area contributed by atoms with Crippen molar-refractivity contribution in [3.05, 3.63) is 23.8 Å². The summed E-state index contributed by atoms with van der Waals surface area (Å²) >= 11 is 0. The van der Waals surface area contributed by atoms with Gasteiger partial charge >= 0.3 is 0 Å². The topological polar surface area (TPSA) is 59.0 Å². The summed E-state index contributed by atoms with van der Waals surface area (Å²) in [7, 11) is 3.04. The summed E-state index contributed by atoms with van der Waals surface area (Å²) in [5.74, 6) is 0.933. The third-order valence-corrected chi connectivity index (χ3v) is 3.92. The zero-order valence-electron chi connectivity index (χ0n) is 12.3. The third-order valence-electron chi connectivity index (χ3n) is 3.92. The van der Waals surface area contributed by atoms with Crippen LogP contribution in [0.15, 0.2) is 18.2 Å². The highest BCUT2D eigenvalue weighted by Crippen LogP contribution is 2.35. The summed E-state index contributed by atoms with van der Waals surface area (Å²) in [6.45, 7) is 4.61. The van der Waals surface area contributed by atoms with Crippen molar-refractivity contribution in [1.29, 1.82) is 0 Å². The van der Waals surface area contributed by atoms with E-state index < -0.39 is 5.60 Å². The van der Waals surface area contributed by atoms with E-state index in [1.54, 1.807) is 23.1 Å². The quantitative estimate of drug-likeness (QED) is 0.908. The van der Waals surface area contributed by atoms with E-state index in [0.29, 0.717) is 30.2 Å². The van der Waals surface area contributed by atoms with Crippen LogP contribution >= 0.6 is 0 Å². The van der Waals surface area contributed by atoms with Crippen molar-refractivity contribution in [1.82, 2.24) is 4.90 Å². The molecular weight excluding hydrogens is 258 g/mol. The molecule has 0 radical (unpaired) electrons. The molecule has 0 saturated carbocycles. The molecule has 0 aromatic heterocycles. The summed E-state index contributed by atoms with van der Waals surface area (Å²) in [5, 5.41) is 10.2. The summed E-state index contributed by atoms with van der Waals surface area (Å²) in [4.78, 5) is 14.1. The Labute approximate surface area is 119 Å². The van der Waals surface area contributed by atoms with Gasteiger partial charge < -0.3 is 19.5 Å². The van der Waals surface area contributed by atoms with Crippen molar-refractivity contribution in [3.63, 3.8) is 0 Å². The van der Waals surface area contributed by atoms with Crippen LogP contribution in [0, 0.1) is 5.92 Å². The Hall–Kier alpha value is -1.75. The number of likely N-dealkylation sites (tertiary alicyclic amines) is 1. The number of β-amino-alcohol motifs (C(OH)–C–C–N with tert-alkyl or cyclic N) is 1. The number of hydrogen-bond acceptors (Lipinski definition) is 4. The summed E-state index contributed by atoms with van der Waals surface area (Å²) in [6, 6.07) is 5.20. The SMILES string of the molecule is COc1cccc(C(=O)N2CC(O)(C(C)C)C2)c1OC. The molecule has 5 heteroatoms. The summed E-state index contributed by atoms with van der Waals surface area (Å²) in [6.07, 6.45) is 0. The molecule has 1 saturated heterocycles. The molecule has 1 aliphatic rings. The normalized spacial score (nSPS) is 16.8. The van der Waals surface area contributed by atoms with E-state index in [0.717, 1.165) is 0 Å². The fourth-order valence-corrected chi connectivity index (χ4v) is 2.35. The molecule has 1 aromatic rings. The van der Waals surface area contributed by atoms with Crippen LogP contribution < -0.4 is 9.47 Å². The van der Waals surface area contributed by atoms with E-state index in [2.05, 4.69) is 0 Å². The zero-order valence-corrected chi connectivity index (χ0v) is 12.3. The molecule has 20 heavy (non-hydrogen) atoms. The minimum Gasteiger partial charge on any atom is -0.493 e. The van der Waals surface area contributed by atoms with Crippen molar-refractivity contribution < 1.29 is 19.4 Å². The minimum absolute atomic E-state index is 0.124. The van der Waals surface area contributed by atoms with Gasteiger partial charge in [-0.05, 0) is 18.1 Å². The number of amides is 1. The number of carbonyl (C=O) groups is 1. The van der Waals surface area contributed by atoms with E-state index in [1.807, 2.05) is 13.8 Å². The molecular formula is C15H21NO4. The van der Waals surface area contributed by atoms with Gasteiger partial charge in [-0.2, -0.15) is 0 Å². The van der Waals surface area contributed by atoms with E-state index in [-0.39, 0.29) is 11.8 Å². The Morgan fingerprint density at radius 3 is 2.45 bits per heavy atom. The molecule has 0 spiro atoms. The first kappa shape index (κ1) is 14.7. The second kappa shape index (κ2) is 5.32. The maximum atomic E-state index is 12.5. The van der Waals surface area contributed by atoms with Crippen LogP contribution in [0.2, 0.25) is 0 Å². The van der Waals surface area contributed by atoms with E-state index in [9.17, 15) is 9.90 Å². The van der Waals surface area contributed by atoms with Crippen LogP contribution in [-0.2, 0) is 0 Å². The fourth-order valence-electron chi connectivity index (χ4n) is 2.35. The predicted octanol–water partition coefficient (Wildman–Crippen LogP) is 1.55. The van der Waals surface area contributed by atoms with Gasteiger partial charge in [0.1, 0.15) is 5.60 Å². The van der Waals surface area contributed by atoms with Gasteiger partial charge in [0.25, 0.3) is 5.91 Å². The van der Waals surface area contributed by atoms with Gasteiger partial charge in [-0.1, -0.05) is 19.9 Å². The Morgan fingerprint density at radius 2 is 1.95 bits per heavy atom.